The summed E-state index contributed by atoms with van der Waals surface area (Å²) in [5.41, 5.74) is 1.90. The largest absolute Gasteiger partial charge is 0.296 e. The van der Waals surface area contributed by atoms with Crippen molar-refractivity contribution in [3.8, 4) is 0 Å². The average molecular weight is 355 g/mol. The maximum absolute atomic E-state index is 2.30. The second-order valence-corrected chi connectivity index (χ2v) is 5.91. The summed E-state index contributed by atoms with van der Waals surface area (Å²) in [6.07, 6.45) is 5.81. The number of hydrogen-bond acceptors (Lipinski definition) is 0. The minimum atomic E-state index is 0. The Bertz CT molecular complexity index is 122. The van der Waals surface area contributed by atoms with Gasteiger partial charge in [0.05, 0.1) is 0 Å². The van der Waals surface area contributed by atoms with Crippen molar-refractivity contribution < 1.29 is 21.1 Å². The molecule has 0 aliphatic heterocycles. The average Bonchev–Trinajstić information content (AvgIpc) is 1.78. The first-order valence-corrected chi connectivity index (χ1v) is 5.34. The summed E-state index contributed by atoms with van der Waals surface area (Å²) in [6, 6.07) is 0. The number of rotatable bonds is 3. The molecule has 0 aromatic rings. The third-order valence-corrected chi connectivity index (χ3v) is 2.34. The van der Waals surface area contributed by atoms with Crippen LogP contribution >= 0.6 is 8.58 Å². The molecule has 0 rings (SSSR count). The molecule has 0 radical (unpaired) electrons. The Kier molecular flexibility index (Phi) is 9.30. The van der Waals surface area contributed by atoms with E-state index in [2.05, 4.69) is 46.8 Å². The molecule has 0 bridgehead atoms. The summed E-state index contributed by atoms with van der Waals surface area (Å²) < 4.78 is 0. The van der Waals surface area contributed by atoms with E-state index in [1.807, 2.05) is 0 Å². The molecular weight excluding hydrogens is 335 g/mol. The fourth-order valence-electron chi connectivity index (χ4n) is 0.676. The zero-order valence-corrected chi connectivity index (χ0v) is 12.7. The van der Waals surface area contributed by atoms with Crippen LogP contribution < -0.4 is 0 Å². The molecule has 0 aliphatic rings. The van der Waals surface area contributed by atoms with Gasteiger partial charge in [-0.2, -0.15) is 13.8 Å². The van der Waals surface area contributed by atoms with Crippen LogP contribution in [-0.4, -0.2) is 6.16 Å². The molecule has 0 aromatic carbocycles. The first-order valence-electron chi connectivity index (χ1n) is 4.13. The van der Waals surface area contributed by atoms with Crippen LogP contribution in [0.3, 0.4) is 0 Å². The van der Waals surface area contributed by atoms with E-state index in [1.54, 1.807) is 5.66 Å². The molecule has 0 aliphatic carbocycles. The second-order valence-electron chi connectivity index (χ2n) is 4.15. The van der Waals surface area contributed by atoms with Crippen molar-refractivity contribution >= 4 is 8.58 Å². The molecule has 0 aromatic heterocycles. The van der Waals surface area contributed by atoms with Crippen molar-refractivity contribution in [2.75, 3.05) is 6.16 Å². The van der Waals surface area contributed by atoms with Gasteiger partial charge in [0.25, 0.3) is 0 Å². The van der Waals surface area contributed by atoms with Crippen LogP contribution in [0, 0.1) is 11.1 Å². The molecule has 0 N–H and O–H groups in total. The molecule has 12 heavy (non-hydrogen) atoms. The van der Waals surface area contributed by atoms with E-state index in [9.17, 15) is 0 Å². The van der Waals surface area contributed by atoms with Crippen LogP contribution in [0.2, 0.25) is 0 Å². The van der Waals surface area contributed by atoms with Gasteiger partial charge in [-0.3, -0.25) is 14.2 Å². The Balaban J connectivity index is 0. The van der Waals surface area contributed by atoms with Crippen molar-refractivity contribution in [2.45, 2.75) is 34.6 Å². The van der Waals surface area contributed by atoms with Crippen LogP contribution in [-0.2, 0) is 21.1 Å². The normalized spacial score (nSPS) is 13.2. The molecule has 0 heterocycles. The van der Waals surface area contributed by atoms with Crippen LogP contribution in [0.25, 0.3) is 0 Å². The maximum atomic E-state index is 2.30. The third-order valence-electron chi connectivity index (χ3n) is 1.19. The molecular formula is C10H20PW-. The SMILES string of the molecule is C[C-](C)PC/C=C\C(C)(C)C.[W]. The first-order chi connectivity index (χ1) is 4.92. The molecule has 1 unspecified atom stereocenters. The van der Waals surface area contributed by atoms with Gasteiger partial charge in [-0.25, -0.2) is 0 Å². The van der Waals surface area contributed by atoms with Crippen molar-refractivity contribution in [2.24, 2.45) is 5.41 Å². The predicted molar refractivity (Wildman–Crippen MR) is 56.4 cm³/mol. The molecule has 1 atom stereocenters. The van der Waals surface area contributed by atoms with E-state index in [1.165, 1.54) is 6.16 Å². The zero-order chi connectivity index (χ0) is 8.91. The summed E-state index contributed by atoms with van der Waals surface area (Å²) >= 11 is 0. The van der Waals surface area contributed by atoms with Crippen molar-refractivity contribution in [3.05, 3.63) is 17.8 Å². The standard InChI is InChI=1S/C10H20P.W/c1-9(2)11-8-6-7-10(3,4)5;/h6-7,11H,8H2,1-5H3;/q-1;/b7-6-;. The molecule has 72 valence electrons. The summed E-state index contributed by atoms with van der Waals surface area (Å²) in [6.45, 7) is 11.1. The molecule has 0 spiro atoms. The van der Waals surface area contributed by atoms with Crippen molar-refractivity contribution in [3.63, 3.8) is 0 Å². The van der Waals surface area contributed by atoms with E-state index in [4.69, 9.17) is 0 Å². The summed E-state index contributed by atoms with van der Waals surface area (Å²) in [5.74, 6) is 0. The molecule has 0 saturated heterocycles. The predicted octanol–water partition coefficient (Wildman–Crippen LogP) is 3.84. The van der Waals surface area contributed by atoms with Gasteiger partial charge in [0.15, 0.2) is 0 Å². The minimum Gasteiger partial charge on any atom is -0.296 e. The third kappa shape index (κ3) is 13.4. The Morgan fingerprint density at radius 1 is 1.25 bits per heavy atom. The van der Waals surface area contributed by atoms with Crippen molar-refractivity contribution in [1.82, 2.24) is 0 Å². The molecule has 2 heteroatoms. The van der Waals surface area contributed by atoms with Gasteiger partial charge in [0.2, 0.25) is 0 Å². The van der Waals surface area contributed by atoms with E-state index in [0.29, 0.717) is 5.41 Å². The van der Waals surface area contributed by atoms with Crippen LogP contribution in [0.5, 0.6) is 0 Å². The maximum Gasteiger partial charge on any atom is 0 e. The van der Waals surface area contributed by atoms with Crippen LogP contribution in [0.15, 0.2) is 12.2 Å². The van der Waals surface area contributed by atoms with Gasteiger partial charge < -0.3 is 0 Å². The molecule has 0 amide bonds. The smallest absolute Gasteiger partial charge is 0 e. The van der Waals surface area contributed by atoms with Crippen LogP contribution in [0.1, 0.15) is 34.6 Å². The van der Waals surface area contributed by atoms with E-state index in [0.717, 1.165) is 8.58 Å². The summed E-state index contributed by atoms with van der Waals surface area (Å²) in [7, 11) is 1.00. The molecule has 0 saturated carbocycles. The van der Waals surface area contributed by atoms with Gasteiger partial charge >= 0.3 is 0 Å². The number of hydrogen-bond donors (Lipinski definition) is 0. The fourth-order valence-corrected chi connectivity index (χ4v) is 1.32. The summed E-state index contributed by atoms with van der Waals surface area (Å²) in [5, 5.41) is 0. The Labute approximate surface area is 93.6 Å². The molecule has 0 nitrogen and oxygen atoms in total. The topological polar surface area (TPSA) is 0 Å². The van der Waals surface area contributed by atoms with E-state index < -0.39 is 0 Å². The van der Waals surface area contributed by atoms with E-state index in [-0.39, 0.29) is 21.1 Å². The van der Waals surface area contributed by atoms with E-state index >= 15 is 0 Å². The van der Waals surface area contributed by atoms with Crippen LogP contribution in [0.4, 0.5) is 0 Å². The minimum absolute atomic E-state index is 0. The van der Waals surface area contributed by atoms with Crippen molar-refractivity contribution in [1.29, 1.82) is 0 Å². The first kappa shape index (κ1) is 15.3. The molecule has 0 fully saturated rings. The zero-order valence-electron chi connectivity index (χ0n) is 8.77. The van der Waals surface area contributed by atoms with Gasteiger partial charge in [0, 0.05) is 21.1 Å². The quantitative estimate of drug-likeness (QED) is 0.410. The Morgan fingerprint density at radius 3 is 2.08 bits per heavy atom. The fraction of sp³-hybridized carbons (Fsp3) is 0.700. The van der Waals surface area contributed by atoms with Gasteiger partial charge in [-0.15, -0.1) is 0 Å². The Morgan fingerprint density at radius 2 is 1.75 bits per heavy atom. The van der Waals surface area contributed by atoms with Gasteiger partial charge in [-0.05, 0) is 11.6 Å². The van der Waals surface area contributed by atoms with Gasteiger partial charge in [0.1, 0.15) is 0 Å². The second kappa shape index (κ2) is 7.28. The summed E-state index contributed by atoms with van der Waals surface area (Å²) in [4.78, 5) is 0. The van der Waals surface area contributed by atoms with Gasteiger partial charge in [-0.1, -0.05) is 32.9 Å². The monoisotopic (exact) mass is 355 g/mol. The number of allylic oxidation sites excluding steroid dienone is 2. The Hall–Kier alpha value is 0.858.